The molecule has 0 bridgehead atoms. The molecule has 1 aliphatic heterocycles. The molecule has 0 radical (unpaired) electrons. The lowest BCUT2D eigenvalue weighted by atomic mass is 10.0. The van der Waals surface area contributed by atoms with Crippen LogP contribution in [0.2, 0.25) is 0 Å². The van der Waals surface area contributed by atoms with Crippen LogP contribution in [0.5, 0.6) is 0 Å². The summed E-state index contributed by atoms with van der Waals surface area (Å²) < 4.78 is 1.78. The summed E-state index contributed by atoms with van der Waals surface area (Å²) in [4.78, 5) is 31.9. The molecule has 2 fully saturated rings. The lowest BCUT2D eigenvalue weighted by Crippen LogP contribution is -2.43. The Bertz CT molecular complexity index is 1730. The van der Waals surface area contributed by atoms with Crippen molar-refractivity contribution in [3.63, 3.8) is 0 Å². The van der Waals surface area contributed by atoms with Gasteiger partial charge in [0, 0.05) is 59.6 Å². The van der Waals surface area contributed by atoms with E-state index in [0.29, 0.717) is 29.6 Å². The monoisotopic (exact) mass is 549 g/mol. The number of fused-ring (bicyclic) bond motifs is 1. The third-order valence-corrected chi connectivity index (χ3v) is 8.83. The average molecular weight is 550 g/mol. The summed E-state index contributed by atoms with van der Waals surface area (Å²) in [5.74, 6) is 1.03. The highest BCUT2D eigenvalue weighted by molar-refractivity contribution is 7.09. The number of rotatable bonds is 7. The number of anilines is 3. The van der Waals surface area contributed by atoms with Gasteiger partial charge in [-0.3, -0.25) is 9.36 Å². The van der Waals surface area contributed by atoms with Gasteiger partial charge in [-0.25, -0.2) is 9.97 Å². The van der Waals surface area contributed by atoms with Crippen LogP contribution < -0.4 is 21.1 Å². The zero-order chi connectivity index (χ0) is 27.1. The van der Waals surface area contributed by atoms with Gasteiger partial charge < -0.3 is 15.5 Å². The number of benzene rings is 2. The maximum atomic E-state index is 14.1. The van der Waals surface area contributed by atoms with Gasteiger partial charge in [-0.2, -0.15) is 4.98 Å². The van der Waals surface area contributed by atoms with Crippen molar-refractivity contribution in [1.82, 2.24) is 24.8 Å². The molecule has 0 amide bonds. The molecule has 0 spiro atoms. The molecular weight excluding hydrogens is 518 g/mol. The summed E-state index contributed by atoms with van der Waals surface area (Å²) in [5.41, 5.74) is 8.15. The van der Waals surface area contributed by atoms with Gasteiger partial charge >= 0.3 is 0 Å². The maximum absolute atomic E-state index is 14.1. The lowest BCUT2D eigenvalue weighted by molar-refractivity contribution is 0.589. The Hall–Kier alpha value is -4.08. The predicted octanol–water partition coefficient (Wildman–Crippen LogP) is 5.30. The highest BCUT2D eigenvalue weighted by atomic mass is 32.1. The minimum Gasteiger partial charge on any atom is -0.369 e. The minimum atomic E-state index is -0.0680. The smallest absolute Gasteiger partial charge is 0.260 e. The van der Waals surface area contributed by atoms with E-state index in [0.717, 1.165) is 54.1 Å². The number of hydrogen-bond acceptors (Lipinski definition) is 8. The van der Waals surface area contributed by atoms with E-state index in [1.807, 2.05) is 42.8 Å². The van der Waals surface area contributed by atoms with Crippen LogP contribution in [0.25, 0.3) is 22.2 Å². The van der Waals surface area contributed by atoms with Crippen LogP contribution >= 0.6 is 11.3 Å². The van der Waals surface area contributed by atoms with Crippen molar-refractivity contribution in [1.29, 1.82) is 0 Å². The molecule has 1 aliphatic carbocycles. The molecule has 5 aromatic rings. The third-order valence-electron chi connectivity index (χ3n) is 7.80. The second-order valence-electron chi connectivity index (χ2n) is 10.6. The molecular formula is C31H31N7OS. The fourth-order valence-corrected chi connectivity index (χ4v) is 6.44. The quantitative estimate of drug-likeness (QED) is 0.285. The predicted molar refractivity (Wildman–Crippen MR) is 162 cm³/mol. The van der Waals surface area contributed by atoms with Crippen LogP contribution in [0.15, 0.2) is 71.1 Å². The zero-order valence-electron chi connectivity index (χ0n) is 22.4. The molecule has 0 atom stereocenters. The van der Waals surface area contributed by atoms with Crippen molar-refractivity contribution >= 4 is 39.7 Å². The van der Waals surface area contributed by atoms with Crippen molar-refractivity contribution in [3.05, 3.63) is 92.8 Å². The van der Waals surface area contributed by atoms with Crippen LogP contribution in [0.3, 0.4) is 0 Å². The van der Waals surface area contributed by atoms with Crippen molar-refractivity contribution in [3.8, 4) is 11.1 Å². The molecule has 8 nitrogen and oxygen atoms in total. The summed E-state index contributed by atoms with van der Waals surface area (Å²) in [6.07, 6.45) is 4.19. The van der Waals surface area contributed by atoms with Crippen LogP contribution in [-0.2, 0) is 6.54 Å². The molecule has 1 saturated carbocycles. The lowest BCUT2D eigenvalue weighted by Gasteiger charge is -2.29. The third kappa shape index (κ3) is 4.87. The Morgan fingerprint density at radius 2 is 1.82 bits per heavy atom. The number of nitrogens with zero attached hydrogens (tertiary/aromatic N) is 5. The van der Waals surface area contributed by atoms with Gasteiger partial charge in [0.15, 0.2) is 0 Å². The Morgan fingerprint density at radius 3 is 2.60 bits per heavy atom. The Labute approximate surface area is 236 Å². The van der Waals surface area contributed by atoms with E-state index < -0.39 is 0 Å². The highest BCUT2D eigenvalue weighted by Crippen LogP contribution is 2.43. The van der Waals surface area contributed by atoms with Crippen molar-refractivity contribution in [2.24, 2.45) is 0 Å². The SMILES string of the molecule is Cc1ccccc1-c1cc2cnc(Nc3ccc(N4CCNCC4)cc3)nc2n(Cc2ncsc2C2CC2)c1=O. The van der Waals surface area contributed by atoms with Gasteiger partial charge in [0.25, 0.3) is 5.56 Å². The van der Waals surface area contributed by atoms with Crippen LogP contribution in [-0.4, -0.2) is 45.7 Å². The molecule has 202 valence electrons. The van der Waals surface area contributed by atoms with Gasteiger partial charge in [0.05, 0.1) is 17.7 Å². The molecule has 9 heteroatoms. The summed E-state index contributed by atoms with van der Waals surface area (Å²) >= 11 is 1.69. The van der Waals surface area contributed by atoms with E-state index in [4.69, 9.17) is 4.98 Å². The van der Waals surface area contributed by atoms with Crippen LogP contribution in [0.4, 0.5) is 17.3 Å². The van der Waals surface area contributed by atoms with Crippen LogP contribution in [0, 0.1) is 6.92 Å². The minimum absolute atomic E-state index is 0.0680. The van der Waals surface area contributed by atoms with Crippen molar-refractivity contribution in [2.75, 3.05) is 36.4 Å². The first-order valence-electron chi connectivity index (χ1n) is 13.9. The van der Waals surface area contributed by atoms with E-state index in [2.05, 4.69) is 49.8 Å². The fourth-order valence-electron chi connectivity index (χ4n) is 5.47. The summed E-state index contributed by atoms with van der Waals surface area (Å²) in [6.45, 7) is 6.43. The second-order valence-corrected chi connectivity index (χ2v) is 11.5. The molecule has 4 heterocycles. The highest BCUT2D eigenvalue weighted by Gasteiger charge is 2.28. The van der Waals surface area contributed by atoms with Gasteiger partial charge in [0.1, 0.15) is 5.65 Å². The molecule has 2 N–H and O–H groups in total. The first-order chi connectivity index (χ1) is 19.6. The maximum Gasteiger partial charge on any atom is 0.260 e. The topological polar surface area (TPSA) is 88.0 Å². The first-order valence-corrected chi connectivity index (χ1v) is 14.7. The van der Waals surface area contributed by atoms with E-state index in [-0.39, 0.29) is 5.56 Å². The largest absolute Gasteiger partial charge is 0.369 e. The van der Waals surface area contributed by atoms with Gasteiger partial charge in [-0.1, -0.05) is 24.3 Å². The molecule has 7 rings (SSSR count). The van der Waals surface area contributed by atoms with Gasteiger partial charge in [-0.05, 0) is 67.1 Å². The Balaban J connectivity index is 1.27. The van der Waals surface area contributed by atoms with Crippen LogP contribution in [0.1, 0.15) is 34.9 Å². The standard InChI is InChI=1S/C31H31N7OS/c1-20-4-2-3-5-25(20)26-16-22-17-33-31(35-23-8-10-24(11-9-23)37-14-12-32-13-15-37)36-29(22)38(30(26)39)18-27-28(21-6-7-21)40-19-34-27/h2-5,8-11,16-17,19,21,32H,6-7,12-15,18H2,1H3,(H,33,35,36). The van der Waals surface area contributed by atoms with Gasteiger partial charge in [0.2, 0.25) is 5.95 Å². The fraction of sp³-hybridized carbons (Fsp3) is 0.290. The number of thiazole rings is 1. The molecule has 3 aromatic heterocycles. The van der Waals surface area contributed by atoms with Crippen molar-refractivity contribution < 1.29 is 0 Å². The summed E-state index contributed by atoms with van der Waals surface area (Å²) in [6, 6.07) is 18.3. The zero-order valence-corrected chi connectivity index (χ0v) is 23.2. The van der Waals surface area contributed by atoms with Crippen molar-refractivity contribution in [2.45, 2.75) is 32.2 Å². The van der Waals surface area contributed by atoms with E-state index >= 15 is 0 Å². The van der Waals surface area contributed by atoms with Gasteiger partial charge in [-0.15, -0.1) is 11.3 Å². The van der Waals surface area contributed by atoms with E-state index in [9.17, 15) is 4.79 Å². The molecule has 2 aromatic carbocycles. The molecule has 1 saturated heterocycles. The van der Waals surface area contributed by atoms with E-state index in [1.54, 1.807) is 22.1 Å². The number of piperazine rings is 1. The number of aromatic nitrogens is 4. The Morgan fingerprint density at radius 1 is 1.02 bits per heavy atom. The van der Waals surface area contributed by atoms with E-state index in [1.165, 1.54) is 23.4 Å². The first kappa shape index (κ1) is 24.9. The summed E-state index contributed by atoms with van der Waals surface area (Å²) in [7, 11) is 0. The summed E-state index contributed by atoms with van der Waals surface area (Å²) in [5, 5.41) is 7.56. The number of nitrogens with one attached hydrogen (secondary N) is 2. The molecule has 2 aliphatic rings. The Kier molecular flexibility index (Phi) is 6.53. The second kappa shape index (κ2) is 10.5. The molecule has 40 heavy (non-hydrogen) atoms. The normalized spacial score (nSPS) is 15.5. The molecule has 0 unspecified atom stereocenters. The number of hydrogen-bond donors (Lipinski definition) is 2. The number of pyridine rings is 1. The number of aryl methyl sites for hydroxylation is 1. The average Bonchev–Trinajstić information content (AvgIpc) is 3.73.